The maximum atomic E-state index is 13.0. The molecule has 1 aromatic carbocycles. The number of benzene rings is 1. The number of amides is 1. The lowest BCUT2D eigenvalue weighted by atomic mass is 9.89. The van der Waals surface area contributed by atoms with Crippen molar-refractivity contribution in [1.29, 1.82) is 0 Å². The van der Waals surface area contributed by atoms with Crippen molar-refractivity contribution in [2.45, 2.75) is 64.5 Å². The first kappa shape index (κ1) is 18.6. The molecule has 2 aliphatic carbocycles. The Bertz CT molecular complexity index is 1160. The van der Waals surface area contributed by atoms with E-state index in [1.807, 2.05) is 6.92 Å². The summed E-state index contributed by atoms with van der Waals surface area (Å²) >= 11 is 1.62. The quantitative estimate of drug-likeness (QED) is 0.717. The second-order valence-corrected chi connectivity index (χ2v) is 9.32. The molecular weight excluding hydrogens is 382 g/mol. The van der Waals surface area contributed by atoms with Gasteiger partial charge in [-0.05, 0) is 74.1 Å². The molecule has 0 spiro atoms. The third kappa shape index (κ3) is 3.39. The van der Waals surface area contributed by atoms with E-state index in [4.69, 9.17) is 0 Å². The Morgan fingerprint density at radius 2 is 2.00 bits per heavy atom. The summed E-state index contributed by atoms with van der Waals surface area (Å²) in [5.41, 5.74) is 5.03. The van der Waals surface area contributed by atoms with E-state index in [2.05, 4.69) is 28.5 Å². The number of aryl methyl sites for hydroxylation is 4. The maximum Gasteiger partial charge on any atom is 0.262 e. The Morgan fingerprint density at radius 1 is 1.17 bits per heavy atom. The van der Waals surface area contributed by atoms with Gasteiger partial charge in [0.2, 0.25) is 5.91 Å². The van der Waals surface area contributed by atoms with Gasteiger partial charge in [-0.3, -0.25) is 14.2 Å². The van der Waals surface area contributed by atoms with Gasteiger partial charge >= 0.3 is 0 Å². The summed E-state index contributed by atoms with van der Waals surface area (Å²) < 4.78 is 1.45. The lowest BCUT2D eigenvalue weighted by molar-refractivity contribution is -0.122. The fraction of sp³-hybridized carbons (Fsp3) is 0.435. The van der Waals surface area contributed by atoms with Crippen molar-refractivity contribution in [3.05, 3.63) is 62.0 Å². The topological polar surface area (TPSA) is 64.0 Å². The van der Waals surface area contributed by atoms with E-state index in [0.29, 0.717) is 0 Å². The molecule has 0 radical (unpaired) electrons. The molecule has 1 atom stereocenters. The maximum absolute atomic E-state index is 13.0. The van der Waals surface area contributed by atoms with Crippen LogP contribution >= 0.6 is 11.3 Å². The van der Waals surface area contributed by atoms with Crippen LogP contribution in [0.2, 0.25) is 0 Å². The monoisotopic (exact) mass is 407 g/mol. The van der Waals surface area contributed by atoms with Crippen LogP contribution in [0.25, 0.3) is 10.2 Å². The van der Waals surface area contributed by atoms with E-state index in [1.165, 1.54) is 39.7 Å². The molecule has 2 aliphatic rings. The first-order valence-corrected chi connectivity index (χ1v) is 11.3. The van der Waals surface area contributed by atoms with Gasteiger partial charge in [0.15, 0.2) is 0 Å². The van der Waals surface area contributed by atoms with Gasteiger partial charge in [0, 0.05) is 4.88 Å². The van der Waals surface area contributed by atoms with Gasteiger partial charge in [0.25, 0.3) is 5.56 Å². The fourth-order valence-electron chi connectivity index (χ4n) is 4.68. The van der Waals surface area contributed by atoms with Crippen LogP contribution in [0.5, 0.6) is 0 Å². The van der Waals surface area contributed by atoms with E-state index in [1.54, 1.807) is 11.3 Å². The highest BCUT2D eigenvalue weighted by atomic mass is 32.1. The Kier molecular flexibility index (Phi) is 4.74. The standard InChI is InChI=1S/C23H25N3O2S/c1-14(16-10-9-15-5-2-3-6-17(15)11-16)25-20(27)12-26-13-24-22-21(23(26)28)18-7-4-8-19(18)29-22/h9-11,13-14H,2-8,12H2,1H3,(H,25,27)/t14-/m1/s1. The van der Waals surface area contributed by atoms with Gasteiger partial charge in [-0.15, -0.1) is 11.3 Å². The number of aromatic nitrogens is 2. The van der Waals surface area contributed by atoms with Gasteiger partial charge in [-0.2, -0.15) is 0 Å². The van der Waals surface area contributed by atoms with Crippen molar-refractivity contribution in [3.63, 3.8) is 0 Å². The van der Waals surface area contributed by atoms with E-state index in [0.717, 1.165) is 53.4 Å². The minimum absolute atomic E-state index is 0.00166. The number of thiophene rings is 1. The third-order valence-electron chi connectivity index (χ3n) is 6.26. The molecule has 0 aliphatic heterocycles. The molecule has 6 heteroatoms. The van der Waals surface area contributed by atoms with Crippen LogP contribution in [0.3, 0.4) is 0 Å². The molecular formula is C23H25N3O2S. The molecule has 0 unspecified atom stereocenters. The Balaban J connectivity index is 1.33. The molecule has 1 N–H and O–H groups in total. The van der Waals surface area contributed by atoms with Gasteiger partial charge in [-0.25, -0.2) is 4.98 Å². The largest absolute Gasteiger partial charge is 0.348 e. The minimum atomic E-state index is -0.162. The Morgan fingerprint density at radius 3 is 2.86 bits per heavy atom. The molecule has 29 heavy (non-hydrogen) atoms. The first-order chi connectivity index (χ1) is 14.1. The lowest BCUT2D eigenvalue weighted by Crippen LogP contribution is -2.34. The summed E-state index contributed by atoms with van der Waals surface area (Å²) in [6, 6.07) is 6.45. The fourth-order valence-corrected chi connectivity index (χ4v) is 5.90. The summed E-state index contributed by atoms with van der Waals surface area (Å²) in [5, 5.41) is 3.77. The highest BCUT2D eigenvalue weighted by Crippen LogP contribution is 2.34. The van der Waals surface area contributed by atoms with Crippen LogP contribution in [0, 0.1) is 0 Å². The van der Waals surface area contributed by atoms with Gasteiger partial charge < -0.3 is 5.32 Å². The van der Waals surface area contributed by atoms with Crippen LogP contribution < -0.4 is 10.9 Å². The molecule has 0 fully saturated rings. The van der Waals surface area contributed by atoms with Crippen molar-refractivity contribution >= 4 is 27.5 Å². The molecule has 1 amide bonds. The number of fused-ring (bicyclic) bond motifs is 4. The number of carbonyl (C=O) groups excluding carboxylic acids is 1. The molecule has 150 valence electrons. The molecule has 2 aromatic heterocycles. The van der Waals surface area contributed by atoms with Crippen molar-refractivity contribution in [1.82, 2.24) is 14.9 Å². The molecule has 2 heterocycles. The van der Waals surface area contributed by atoms with Gasteiger partial charge in [0.1, 0.15) is 11.4 Å². The van der Waals surface area contributed by atoms with Gasteiger partial charge in [-0.1, -0.05) is 18.2 Å². The zero-order chi connectivity index (χ0) is 20.0. The van der Waals surface area contributed by atoms with Crippen molar-refractivity contribution in [2.24, 2.45) is 0 Å². The number of rotatable bonds is 4. The highest BCUT2D eigenvalue weighted by molar-refractivity contribution is 7.18. The van der Waals surface area contributed by atoms with E-state index in [-0.39, 0.29) is 24.1 Å². The Labute approximate surface area is 173 Å². The van der Waals surface area contributed by atoms with Crippen LogP contribution in [-0.4, -0.2) is 15.5 Å². The zero-order valence-electron chi connectivity index (χ0n) is 16.7. The summed E-state index contributed by atoms with van der Waals surface area (Å²) in [6.07, 6.45) is 9.37. The average Bonchev–Trinajstić information content (AvgIpc) is 3.31. The number of nitrogens with zero attached hydrogens (tertiary/aromatic N) is 2. The van der Waals surface area contributed by atoms with Crippen molar-refractivity contribution in [3.8, 4) is 0 Å². The second kappa shape index (κ2) is 7.41. The molecule has 0 saturated heterocycles. The number of hydrogen-bond donors (Lipinski definition) is 1. The average molecular weight is 408 g/mol. The molecule has 0 bridgehead atoms. The van der Waals surface area contributed by atoms with Crippen LogP contribution in [-0.2, 0) is 37.0 Å². The van der Waals surface area contributed by atoms with Crippen molar-refractivity contribution < 1.29 is 4.79 Å². The van der Waals surface area contributed by atoms with E-state index in [9.17, 15) is 9.59 Å². The van der Waals surface area contributed by atoms with Crippen LogP contribution in [0.4, 0.5) is 0 Å². The summed E-state index contributed by atoms with van der Waals surface area (Å²) in [7, 11) is 0. The van der Waals surface area contributed by atoms with Crippen LogP contribution in [0.1, 0.15) is 59.4 Å². The molecule has 3 aromatic rings. The SMILES string of the molecule is C[C@@H](NC(=O)Cn1cnc2sc3c(c2c1=O)CCC3)c1ccc2c(c1)CCCC2. The molecule has 0 saturated carbocycles. The molecule has 5 rings (SSSR count). The van der Waals surface area contributed by atoms with E-state index < -0.39 is 0 Å². The smallest absolute Gasteiger partial charge is 0.262 e. The predicted molar refractivity (Wildman–Crippen MR) is 116 cm³/mol. The normalized spacial score (nSPS) is 16.4. The number of nitrogens with one attached hydrogen (secondary N) is 1. The summed E-state index contributed by atoms with van der Waals surface area (Å²) in [6.45, 7) is 2.00. The van der Waals surface area contributed by atoms with Gasteiger partial charge in [0.05, 0.1) is 17.8 Å². The molecule has 5 nitrogen and oxygen atoms in total. The summed E-state index contributed by atoms with van der Waals surface area (Å²) in [5.74, 6) is -0.162. The zero-order valence-corrected chi connectivity index (χ0v) is 17.5. The van der Waals surface area contributed by atoms with E-state index >= 15 is 0 Å². The second-order valence-electron chi connectivity index (χ2n) is 8.24. The number of hydrogen-bond acceptors (Lipinski definition) is 4. The number of carbonyl (C=O) groups is 1. The lowest BCUT2D eigenvalue weighted by Gasteiger charge is -2.20. The predicted octanol–water partition coefficient (Wildman–Crippen LogP) is 3.70. The van der Waals surface area contributed by atoms with Crippen LogP contribution in [0.15, 0.2) is 29.3 Å². The third-order valence-corrected chi connectivity index (χ3v) is 7.46. The minimum Gasteiger partial charge on any atom is -0.348 e. The summed E-state index contributed by atoms with van der Waals surface area (Å²) in [4.78, 5) is 32.1. The first-order valence-electron chi connectivity index (χ1n) is 10.5. The van der Waals surface area contributed by atoms with Crippen molar-refractivity contribution in [2.75, 3.05) is 0 Å². The Hall–Kier alpha value is -2.47. The highest BCUT2D eigenvalue weighted by Gasteiger charge is 2.22.